The van der Waals surface area contributed by atoms with Crippen LogP contribution in [-0.2, 0) is 4.74 Å². The SMILES string of the molecule is CN1C2C=C(c3ccc(-c4ccccc4)s3)CC1COC2. The standard InChI is InChI=1S/C18H19NOS/c1-19-15-9-14(10-16(19)12-20-11-15)18-8-7-17(21-18)13-5-3-2-4-6-13/h2-9,15-16H,10-12H2,1H3. The maximum Gasteiger partial charge on any atom is 0.0658 e. The average Bonchev–Trinajstić information content (AvgIpc) is 2.98. The predicted octanol–water partition coefficient (Wildman–Crippen LogP) is 3.90. The number of benzene rings is 1. The van der Waals surface area contributed by atoms with Gasteiger partial charge in [-0.05, 0) is 36.7 Å². The molecule has 2 aliphatic heterocycles. The van der Waals surface area contributed by atoms with Crippen molar-refractivity contribution in [2.24, 2.45) is 0 Å². The molecule has 3 heterocycles. The van der Waals surface area contributed by atoms with E-state index in [0.29, 0.717) is 12.1 Å². The number of ether oxygens (including phenoxy) is 1. The zero-order valence-electron chi connectivity index (χ0n) is 12.2. The summed E-state index contributed by atoms with van der Waals surface area (Å²) in [6.45, 7) is 1.69. The van der Waals surface area contributed by atoms with Gasteiger partial charge in [0.1, 0.15) is 0 Å². The first-order valence-corrected chi connectivity index (χ1v) is 8.29. The van der Waals surface area contributed by atoms with Crippen LogP contribution in [0.15, 0.2) is 48.5 Å². The van der Waals surface area contributed by atoms with Crippen molar-refractivity contribution in [2.75, 3.05) is 20.3 Å². The fourth-order valence-corrected chi connectivity index (χ4v) is 4.25. The van der Waals surface area contributed by atoms with Crippen molar-refractivity contribution < 1.29 is 4.74 Å². The Kier molecular flexibility index (Phi) is 3.42. The average molecular weight is 297 g/mol. The summed E-state index contributed by atoms with van der Waals surface area (Å²) in [5, 5.41) is 0. The molecular formula is C18H19NOS. The third-order valence-electron chi connectivity index (χ3n) is 4.53. The van der Waals surface area contributed by atoms with Crippen LogP contribution in [0.2, 0.25) is 0 Å². The minimum Gasteiger partial charge on any atom is -0.378 e. The second-order valence-electron chi connectivity index (χ2n) is 5.85. The van der Waals surface area contributed by atoms with E-state index in [0.717, 1.165) is 19.6 Å². The molecule has 0 amide bonds. The van der Waals surface area contributed by atoms with Crippen molar-refractivity contribution in [1.82, 2.24) is 4.90 Å². The van der Waals surface area contributed by atoms with E-state index in [-0.39, 0.29) is 0 Å². The Bertz CT molecular complexity index is 661. The molecule has 4 rings (SSSR count). The van der Waals surface area contributed by atoms with E-state index in [1.807, 2.05) is 11.3 Å². The largest absolute Gasteiger partial charge is 0.378 e. The lowest BCUT2D eigenvalue weighted by Gasteiger charge is -2.42. The zero-order valence-corrected chi connectivity index (χ0v) is 13.0. The summed E-state index contributed by atoms with van der Waals surface area (Å²) in [6.07, 6.45) is 3.50. The molecule has 0 saturated carbocycles. The molecule has 1 saturated heterocycles. The van der Waals surface area contributed by atoms with Gasteiger partial charge in [0.15, 0.2) is 0 Å². The summed E-state index contributed by atoms with van der Waals surface area (Å²) in [6, 6.07) is 16.1. The van der Waals surface area contributed by atoms with E-state index in [2.05, 4.69) is 60.5 Å². The lowest BCUT2D eigenvalue weighted by Crippen LogP contribution is -2.51. The molecule has 3 heteroatoms. The predicted molar refractivity (Wildman–Crippen MR) is 88.5 cm³/mol. The highest BCUT2D eigenvalue weighted by molar-refractivity contribution is 7.16. The molecule has 0 spiro atoms. The Hall–Kier alpha value is -1.42. The van der Waals surface area contributed by atoms with E-state index in [4.69, 9.17) is 4.74 Å². The normalized spacial score (nSPS) is 25.7. The fourth-order valence-electron chi connectivity index (χ4n) is 3.20. The Labute approximate surface area is 129 Å². The van der Waals surface area contributed by atoms with E-state index in [9.17, 15) is 0 Å². The first-order chi connectivity index (χ1) is 10.3. The van der Waals surface area contributed by atoms with Crippen molar-refractivity contribution in [1.29, 1.82) is 0 Å². The van der Waals surface area contributed by atoms with Crippen LogP contribution in [-0.4, -0.2) is 37.2 Å². The van der Waals surface area contributed by atoms with Crippen molar-refractivity contribution >= 4 is 16.9 Å². The third-order valence-corrected chi connectivity index (χ3v) is 5.74. The van der Waals surface area contributed by atoms with Gasteiger partial charge in [-0.25, -0.2) is 0 Å². The number of nitrogens with zero attached hydrogens (tertiary/aromatic N) is 1. The van der Waals surface area contributed by atoms with Gasteiger partial charge in [0.2, 0.25) is 0 Å². The molecular weight excluding hydrogens is 278 g/mol. The summed E-state index contributed by atoms with van der Waals surface area (Å²) in [5.74, 6) is 0. The second kappa shape index (κ2) is 5.41. The second-order valence-corrected chi connectivity index (χ2v) is 6.93. The maximum atomic E-state index is 5.68. The van der Waals surface area contributed by atoms with Crippen LogP contribution in [0, 0.1) is 0 Å². The number of likely N-dealkylation sites (N-methyl/N-ethyl adjacent to an activating group) is 1. The van der Waals surface area contributed by atoms with E-state index >= 15 is 0 Å². The molecule has 2 bridgehead atoms. The monoisotopic (exact) mass is 297 g/mol. The van der Waals surface area contributed by atoms with Gasteiger partial charge in [-0.2, -0.15) is 0 Å². The highest BCUT2D eigenvalue weighted by Crippen LogP contribution is 2.37. The van der Waals surface area contributed by atoms with Gasteiger partial charge < -0.3 is 4.74 Å². The Morgan fingerprint density at radius 2 is 1.86 bits per heavy atom. The zero-order chi connectivity index (χ0) is 14.2. The fraction of sp³-hybridized carbons (Fsp3) is 0.333. The van der Waals surface area contributed by atoms with Gasteiger partial charge in [-0.15, -0.1) is 11.3 Å². The molecule has 1 aromatic heterocycles. The first-order valence-electron chi connectivity index (χ1n) is 7.47. The van der Waals surface area contributed by atoms with Crippen LogP contribution in [0.5, 0.6) is 0 Å². The van der Waals surface area contributed by atoms with Gasteiger partial charge in [0, 0.05) is 15.8 Å². The van der Waals surface area contributed by atoms with Crippen LogP contribution in [0.3, 0.4) is 0 Å². The number of hydrogen-bond donors (Lipinski definition) is 0. The van der Waals surface area contributed by atoms with Crippen LogP contribution in [0.25, 0.3) is 16.0 Å². The summed E-state index contributed by atoms with van der Waals surface area (Å²) in [7, 11) is 2.22. The van der Waals surface area contributed by atoms with Crippen molar-refractivity contribution in [3.63, 3.8) is 0 Å². The van der Waals surface area contributed by atoms with Gasteiger partial charge in [0.05, 0.1) is 19.3 Å². The highest BCUT2D eigenvalue weighted by atomic mass is 32.1. The Morgan fingerprint density at radius 3 is 2.67 bits per heavy atom. The molecule has 2 aliphatic rings. The third kappa shape index (κ3) is 2.46. The molecule has 21 heavy (non-hydrogen) atoms. The molecule has 2 atom stereocenters. The van der Waals surface area contributed by atoms with E-state index in [1.54, 1.807) is 0 Å². The van der Waals surface area contributed by atoms with Gasteiger partial charge in [-0.1, -0.05) is 36.4 Å². The number of fused-ring (bicyclic) bond motifs is 2. The first kappa shape index (κ1) is 13.3. The lowest BCUT2D eigenvalue weighted by atomic mass is 9.94. The van der Waals surface area contributed by atoms with Gasteiger partial charge in [0.25, 0.3) is 0 Å². The van der Waals surface area contributed by atoms with Gasteiger partial charge >= 0.3 is 0 Å². The van der Waals surface area contributed by atoms with Crippen LogP contribution in [0.4, 0.5) is 0 Å². The summed E-state index contributed by atoms with van der Waals surface area (Å²) in [4.78, 5) is 5.23. The van der Waals surface area contributed by atoms with Crippen molar-refractivity contribution in [3.8, 4) is 10.4 Å². The Morgan fingerprint density at radius 1 is 1.05 bits per heavy atom. The van der Waals surface area contributed by atoms with Crippen LogP contribution >= 0.6 is 11.3 Å². The molecule has 0 N–H and O–H groups in total. The molecule has 2 aromatic rings. The maximum absolute atomic E-state index is 5.68. The number of rotatable bonds is 2. The van der Waals surface area contributed by atoms with Crippen LogP contribution < -0.4 is 0 Å². The van der Waals surface area contributed by atoms with E-state index < -0.39 is 0 Å². The molecule has 2 nitrogen and oxygen atoms in total. The molecule has 0 aliphatic carbocycles. The van der Waals surface area contributed by atoms with E-state index in [1.165, 1.54) is 20.9 Å². The Balaban J connectivity index is 1.64. The molecule has 1 aromatic carbocycles. The number of hydrogen-bond acceptors (Lipinski definition) is 3. The smallest absolute Gasteiger partial charge is 0.0658 e. The lowest BCUT2D eigenvalue weighted by molar-refractivity contribution is -0.0221. The quantitative estimate of drug-likeness (QED) is 0.833. The molecule has 2 unspecified atom stereocenters. The van der Waals surface area contributed by atoms with Gasteiger partial charge in [-0.3, -0.25) is 4.90 Å². The summed E-state index contributed by atoms with van der Waals surface area (Å²) in [5.41, 5.74) is 2.81. The minimum absolute atomic E-state index is 0.440. The molecule has 108 valence electrons. The minimum atomic E-state index is 0.440. The molecule has 1 fully saturated rings. The number of thiophene rings is 1. The summed E-state index contributed by atoms with van der Waals surface area (Å²) >= 11 is 1.90. The topological polar surface area (TPSA) is 12.5 Å². The van der Waals surface area contributed by atoms with Crippen molar-refractivity contribution in [3.05, 3.63) is 53.4 Å². The molecule has 0 radical (unpaired) electrons. The summed E-state index contributed by atoms with van der Waals surface area (Å²) < 4.78 is 5.68. The number of morpholine rings is 1. The van der Waals surface area contributed by atoms with Crippen LogP contribution in [0.1, 0.15) is 11.3 Å². The highest BCUT2D eigenvalue weighted by Gasteiger charge is 2.32. The van der Waals surface area contributed by atoms with Crippen molar-refractivity contribution in [2.45, 2.75) is 18.5 Å².